The highest BCUT2D eigenvalue weighted by molar-refractivity contribution is 5.80. The minimum Gasteiger partial charge on any atom is -0.348 e. The van der Waals surface area contributed by atoms with Crippen molar-refractivity contribution in [3.63, 3.8) is 0 Å². The Kier molecular flexibility index (Phi) is 7.65. The highest BCUT2D eigenvalue weighted by Crippen LogP contribution is 2.25. The number of hydrogen-bond acceptors (Lipinski definition) is 3. The highest BCUT2D eigenvalue weighted by Gasteiger charge is 2.29. The molecule has 1 atom stereocenters. The Morgan fingerprint density at radius 3 is 2.32 bits per heavy atom. The number of rotatable bonds is 5. The van der Waals surface area contributed by atoms with Crippen molar-refractivity contribution in [1.82, 2.24) is 15.1 Å². The zero-order valence-corrected chi connectivity index (χ0v) is 19.2. The molecule has 2 heterocycles. The number of amides is 2. The lowest BCUT2D eigenvalue weighted by molar-refractivity contribution is -0.137. The Hall–Kier alpha value is -1.88. The molecule has 1 aliphatic carbocycles. The number of carbonyl (C=O) groups is 2. The van der Waals surface area contributed by atoms with E-state index in [0.29, 0.717) is 12.5 Å². The second-order valence-electron chi connectivity index (χ2n) is 9.81. The summed E-state index contributed by atoms with van der Waals surface area (Å²) in [6.45, 7) is 6.05. The summed E-state index contributed by atoms with van der Waals surface area (Å²) in [5.41, 5.74) is 4.14. The Labute approximate surface area is 187 Å². The Bertz CT molecular complexity index is 762. The summed E-state index contributed by atoms with van der Waals surface area (Å²) in [7, 11) is 0. The number of nitrogens with zero attached hydrogens (tertiary/aromatic N) is 2. The highest BCUT2D eigenvalue weighted by atomic mass is 16.2. The number of nitrogens with one attached hydrogen (secondary N) is 1. The maximum absolute atomic E-state index is 12.9. The smallest absolute Gasteiger partial charge is 0.234 e. The van der Waals surface area contributed by atoms with Crippen molar-refractivity contribution in [3.05, 3.63) is 34.9 Å². The van der Waals surface area contributed by atoms with Crippen LogP contribution in [0.2, 0.25) is 0 Å². The first-order valence-electron chi connectivity index (χ1n) is 12.5. The fraction of sp³-hybridized carbons (Fsp3) is 0.692. The summed E-state index contributed by atoms with van der Waals surface area (Å²) in [5.74, 6) is 0.585. The van der Waals surface area contributed by atoms with Gasteiger partial charge in [0.25, 0.3) is 0 Å². The van der Waals surface area contributed by atoms with E-state index in [1.165, 1.54) is 48.8 Å². The Morgan fingerprint density at radius 2 is 1.61 bits per heavy atom. The molecule has 1 aromatic carbocycles. The van der Waals surface area contributed by atoms with Crippen LogP contribution in [-0.2, 0) is 22.4 Å². The molecule has 31 heavy (non-hydrogen) atoms. The number of likely N-dealkylation sites (tertiary alicyclic amines) is 2. The van der Waals surface area contributed by atoms with E-state index < -0.39 is 0 Å². The number of hydrogen-bond donors (Lipinski definition) is 1. The van der Waals surface area contributed by atoms with E-state index in [2.05, 4.69) is 40.2 Å². The van der Waals surface area contributed by atoms with Crippen molar-refractivity contribution in [2.75, 3.05) is 32.7 Å². The first-order valence-corrected chi connectivity index (χ1v) is 12.5. The lowest BCUT2D eigenvalue weighted by Crippen LogP contribution is -2.46. The fourth-order valence-corrected chi connectivity index (χ4v) is 5.48. The lowest BCUT2D eigenvalue weighted by atomic mass is 9.89. The van der Waals surface area contributed by atoms with Gasteiger partial charge >= 0.3 is 0 Å². The average Bonchev–Trinajstić information content (AvgIpc) is 3.08. The normalized spacial score (nSPS) is 21.8. The van der Waals surface area contributed by atoms with E-state index in [0.717, 1.165) is 58.3 Å². The molecule has 5 heteroatoms. The van der Waals surface area contributed by atoms with Crippen molar-refractivity contribution in [3.8, 4) is 0 Å². The molecule has 2 fully saturated rings. The second-order valence-corrected chi connectivity index (χ2v) is 9.81. The van der Waals surface area contributed by atoms with Gasteiger partial charge in [-0.25, -0.2) is 0 Å². The maximum Gasteiger partial charge on any atom is 0.234 e. The largest absolute Gasteiger partial charge is 0.348 e. The van der Waals surface area contributed by atoms with Crippen LogP contribution in [0.25, 0.3) is 0 Å². The Balaban J connectivity index is 1.22. The van der Waals surface area contributed by atoms with Gasteiger partial charge < -0.3 is 10.2 Å². The van der Waals surface area contributed by atoms with E-state index in [4.69, 9.17) is 0 Å². The van der Waals surface area contributed by atoms with Gasteiger partial charge in [0.05, 0.1) is 12.6 Å². The van der Waals surface area contributed by atoms with Gasteiger partial charge in [0.1, 0.15) is 0 Å². The van der Waals surface area contributed by atoms with E-state index in [9.17, 15) is 9.59 Å². The monoisotopic (exact) mass is 425 g/mol. The van der Waals surface area contributed by atoms with Gasteiger partial charge in [-0.1, -0.05) is 31.0 Å². The van der Waals surface area contributed by atoms with Crippen LogP contribution >= 0.6 is 0 Å². The molecule has 0 radical (unpaired) electrons. The number of carbonyl (C=O) groups excluding carboxylic acids is 2. The SMILES string of the molecule is C[C@H](NC(=O)CN1CCC(C(=O)N2CCCCCC2)CC1)c1ccc2c(c1)CCCC2. The molecule has 2 amide bonds. The van der Waals surface area contributed by atoms with Crippen LogP contribution in [0.1, 0.15) is 81.0 Å². The summed E-state index contributed by atoms with van der Waals surface area (Å²) in [6, 6.07) is 6.74. The van der Waals surface area contributed by atoms with Crippen LogP contribution in [0, 0.1) is 5.92 Å². The maximum atomic E-state index is 12.9. The number of aryl methyl sites for hydroxylation is 2. The molecule has 1 N–H and O–H groups in total. The zero-order valence-electron chi connectivity index (χ0n) is 19.2. The summed E-state index contributed by atoms with van der Waals surface area (Å²) in [4.78, 5) is 29.8. The fourth-order valence-electron chi connectivity index (χ4n) is 5.48. The third kappa shape index (κ3) is 5.88. The molecular formula is C26H39N3O2. The van der Waals surface area contributed by atoms with Crippen molar-refractivity contribution in [2.24, 2.45) is 5.92 Å². The van der Waals surface area contributed by atoms with Crippen LogP contribution in [-0.4, -0.2) is 54.3 Å². The molecule has 0 saturated carbocycles. The van der Waals surface area contributed by atoms with Gasteiger partial charge in [-0.2, -0.15) is 0 Å². The minimum absolute atomic E-state index is 0.0295. The van der Waals surface area contributed by atoms with E-state index in [1.54, 1.807) is 0 Å². The number of benzene rings is 1. The van der Waals surface area contributed by atoms with Crippen molar-refractivity contribution in [1.29, 1.82) is 0 Å². The molecule has 0 aromatic heterocycles. The van der Waals surface area contributed by atoms with Crippen LogP contribution in [0.15, 0.2) is 18.2 Å². The third-order valence-corrected chi connectivity index (χ3v) is 7.47. The summed E-state index contributed by atoms with van der Waals surface area (Å²) < 4.78 is 0. The third-order valence-electron chi connectivity index (χ3n) is 7.47. The van der Waals surface area contributed by atoms with E-state index >= 15 is 0 Å². The molecule has 4 rings (SSSR count). The first kappa shape index (κ1) is 22.3. The molecule has 3 aliphatic rings. The van der Waals surface area contributed by atoms with Crippen molar-refractivity contribution >= 4 is 11.8 Å². The summed E-state index contributed by atoms with van der Waals surface area (Å²) in [5, 5.41) is 3.19. The second kappa shape index (κ2) is 10.6. The summed E-state index contributed by atoms with van der Waals surface area (Å²) >= 11 is 0. The first-order chi connectivity index (χ1) is 15.1. The number of fused-ring (bicyclic) bond motifs is 1. The van der Waals surface area contributed by atoms with E-state index in [-0.39, 0.29) is 17.9 Å². The van der Waals surface area contributed by atoms with Crippen molar-refractivity contribution < 1.29 is 9.59 Å². The molecule has 2 aliphatic heterocycles. The topological polar surface area (TPSA) is 52.7 Å². The molecule has 170 valence electrons. The average molecular weight is 426 g/mol. The van der Waals surface area contributed by atoms with Gasteiger partial charge in [-0.05, 0) is 88.1 Å². The van der Waals surface area contributed by atoms with Crippen LogP contribution in [0.5, 0.6) is 0 Å². The molecule has 1 aromatic rings. The van der Waals surface area contributed by atoms with Crippen LogP contribution in [0.3, 0.4) is 0 Å². The molecular weight excluding hydrogens is 386 g/mol. The quantitative estimate of drug-likeness (QED) is 0.779. The molecule has 5 nitrogen and oxygen atoms in total. The molecule has 0 bridgehead atoms. The van der Waals surface area contributed by atoms with Crippen molar-refractivity contribution in [2.45, 2.75) is 77.2 Å². The van der Waals surface area contributed by atoms with Gasteiger partial charge in [0.15, 0.2) is 0 Å². The van der Waals surface area contributed by atoms with E-state index in [1.807, 2.05) is 0 Å². The lowest BCUT2D eigenvalue weighted by Gasteiger charge is -2.33. The molecule has 2 saturated heterocycles. The van der Waals surface area contributed by atoms with Crippen LogP contribution < -0.4 is 5.32 Å². The molecule has 0 spiro atoms. The predicted octanol–water partition coefficient (Wildman–Crippen LogP) is 3.86. The van der Waals surface area contributed by atoms with Gasteiger partial charge in [0, 0.05) is 19.0 Å². The Morgan fingerprint density at radius 1 is 0.935 bits per heavy atom. The van der Waals surface area contributed by atoms with Gasteiger partial charge in [-0.3, -0.25) is 14.5 Å². The van der Waals surface area contributed by atoms with Crippen LogP contribution in [0.4, 0.5) is 0 Å². The number of piperidine rings is 1. The predicted molar refractivity (Wildman–Crippen MR) is 124 cm³/mol. The van der Waals surface area contributed by atoms with Gasteiger partial charge in [0.2, 0.25) is 11.8 Å². The molecule has 0 unspecified atom stereocenters. The standard InChI is InChI=1S/C26H39N3O2/c1-20(23-11-10-21-8-4-5-9-24(21)18-23)27-25(30)19-28-16-12-22(13-17-28)26(31)29-14-6-2-3-7-15-29/h10-11,18,20,22H,2-9,12-17,19H2,1H3,(H,27,30)/t20-/m0/s1. The minimum atomic E-state index is 0.0295. The summed E-state index contributed by atoms with van der Waals surface area (Å²) in [6.07, 6.45) is 11.5. The van der Waals surface area contributed by atoms with Gasteiger partial charge in [-0.15, -0.1) is 0 Å². The zero-order chi connectivity index (χ0) is 21.6.